The Morgan fingerprint density at radius 2 is 2.32 bits per heavy atom. The van der Waals surface area contributed by atoms with Gasteiger partial charge in [0.05, 0.1) is 19.8 Å². The number of carbonyl (C=O) groups is 1. The number of rotatable bonds is 5. The van der Waals surface area contributed by atoms with Crippen molar-refractivity contribution in [2.75, 3.05) is 13.7 Å². The predicted molar refractivity (Wildman–Crippen MR) is 82.7 cm³/mol. The third kappa shape index (κ3) is 2.99. The van der Waals surface area contributed by atoms with Crippen molar-refractivity contribution in [3.63, 3.8) is 0 Å². The third-order valence-corrected chi connectivity index (χ3v) is 3.97. The minimum absolute atomic E-state index is 0.00269. The highest BCUT2D eigenvalue weighted by molar-refractivity contribution is 5.88. The molecule has 0 unspecified atom stereocenters. The smallest absolute Gasteiger partial charge is 0.225 e. The van der Waals surface area contributed by atoms with Gasteiger partial charge in [-0.3, -0.25) is 4.79 Å². The van der Waals surface area contributed by atoms with E-state index in [1.165, 1.54) is 0 Å². The van der Waals surface area contributed by atoms with Gasteiger partial charge >= 0.3 is 0 Å². The number of aliphatic hydroxyl groups excluding tert-OH is 1. The summed E-state index contributed by atoms with van der Waals surface area (Å²) in [7, 11) is 1.60. The van der Waals surface area contributed by atoms with Gasteiger partial charge in [-0.1, -0.05) is 12.2 Å². The van der Waals surface area contributed by atoms with Crippen LogP contribution in [-0.4, -0.2) is 30.8 Å². The molecule has 2 N–H and O–H groups in total. The number of fused-ring (bicyclic) bond motifs is 1. The molecular formula is C17H19NO4. The first-order valence-electron chi connectivity index (χ1n) is 7.32. The van der Waals surface area contributed by atoms with E-state index >= 15 is 0 Å². The van der Waals surface area contributed by atoms with E-state index in [2.05, 4.69) is 5.32 Å². The van der Waals surface area contributed by atoms with Crippen LogP contribution in [0.1, 0.15) is 12.0 Å². The van der Waals surface area contributed by atoms with Gasteiger partial charge in [-0.2, -0.15) is 0 Å². The van der Waals surface area contributed by atoms with Crippen LogP contribution >= 0.6 is 0 Å². The van der Waals surface area contributed by atoms with Gasteiger partial charge in [0, 0.05) is 35.6 Å². The average Bonchev–Trinajstić information content (AvgIpc) is 3.14. The van der Waals surface area contributed by atoms with E-state index in [1.807, 2.05) is 30.4 Å². The van der Waals surface area contributed by atoms with Crippen LogP contribution in [0.25, 0.3) is 11.0 Å². The van der Waals surface area contributed by atoms with E-state index in [0.717, 1.165) is 23.1 Å². The molecule has 1 aromatic carbocycles. The number of hydrogen-bond acceptors (Lipinski definition) is 4. The molecule has 2 atom stereocenters. The Morgan fingerprint density at radius 1 is 1.45 bits per heavy atom. The number of hydrogen-bond donors (Lipinski definition) is 2. The number of nitrogens with one attached hydrogen (secondary N) is 1. The van der Waals surface area contributed by atoms with E-state index in [9.17, 15) is 4.79 Å². The molecule has 1 aliphatic rings. The number of carbonyl (C=O) groups excluding carboxylic acids is 1. The van der Waals surface area contributed by atoms with E-state index in [0.29, 0.717) is 5.58 Å². The standard InChI is InChI=1S/C17H19NO4/c1-21-14-4-5-15-12(10-22-16(15)8-14)7-17(20)18-13-3-2-11(6-13)9-19/h2-5,8,10-11,13,19H,6-7,9H2,1H3,(H,18,20)/t11-,13+/m0/s1. The zero-order chi connectivity index (χ0) is 15.5. The van der Waals surface area contributed by atoms with Gasteiger partial charge in [-0.25, -0.2) is 0 Å². The lowest BCUT2D eigenvalue weighted by Gasteiger charge is -2.12. The summed E-state index contributed by atoms with van der Waals surface area (Å²) < 4.78 is 10.6. The summed E-state index contributed by atoms with van der Waals surface area (Å²) in [4.78, 5) is 12.2. The molecule has 5 heteroatoms. The van der Waals surface area contributed by atoms with E-state index in [1.54, 1.807) is 13.4 Å². The molecule has 0 saturated carbocycles. The van der Waals surface area contributed by atoms with Crippen molar-refractivity contribution >= 4 is 16.9 Å². The van der Waals surface area contributed by atoms with Crippen LogP contribution in [0.3, 0.4) is 0 Å². The Labute approximate surface area is 128 Å². The summed E-state index contributed by atoms with van der Waals surface area (Å²) in [5.41, 5.74) is 1.57. The summed E-state index contributed by atoms with van der Waals surface area (Å²) >= 11 is 0. The highest BCUT2D eigenvalue weighted by Crippen LogP contribution is 2.26. The third-order valence-electron chi connectivity index (χ3n) is 3.97. The molecule has 1 aliphatic carbocycles. The molecule has 1 heterocycles. The van der Waals surface area contributed by atoms with Crippen molar-refractivity contribution in [3.05, 3.63) is 42.2 Å². The molecule has 0 radical (unpaired) electrons. The van der Waals surface area contributed by atoms with Gasteiger partial charge in [0.15, 0.2) is 0 Å². The van der Waals surface area contributed by atoms with Gasteiger partial charge in [0.2, 0.25) is 5.91 Å². The molecule has 5 nitrogen and oxygen atoms in total. The number of ether oxygens (including phenoxy) is 1. The molecule has 0 saturated heterocycles. The highest BCUT2D eigenvalue weighted by atomic mass is 16.5. The average molecular weight is 301 g/mol. The first kappa shape index (κ1) is 14.7. The first-order valence-corrected chi connectivity index (χ1v) is 7.32. The van der Waals surface area contributed by atoms with Crippen molar-refractivity contribution in [2.24, 2.45) is 5.92 Å². The molecule has 2 aromatic rings. The molecule has 1 aromatic heterocycles. The fourth-order valence-corrected chi connectivity index (χ4v) is 2.78. The summed E-state index contributed by atoms with van der Waals surface area (Å²) in [6.07, 6.45) is 6.53. The molecular weight excluding hydrogens is 282 g/mol. The Hall–Kier alpha value is -2.27. The van der Waals surface area contributed by atoms with Crippen LogP contribution in [0.5, 0.6) is 5.75 Å². The van der Waals surface area contributed by atoms with E-state index < -0.39 is 0 Å². The van der Waals surface area contributed by atoms with Crippen LogP contribution in [-0.2, 0) is 11.2 Å². The monoisotopic (exact) mass is 301 g/mol. The molecule has 0 bridgehead atoms. The lowest BCUT2D eigenvalue weighted by molar-refractivity contribution is -0.120. The zero-order valence-corrected chi connectivity index (χ0v) is 12.4. The maximum atomic E-state index is 12.2. The maximum absolute atomic E-state index is 12.2. The van der Waals surface area contributed by atoms with Crippen molar-refractivity contribution < 1.29 is 19.1 Å². The molecule has 0 aliphatic heterocycles. The van der Waals surface area contributed by atoms with Crippen LogP contribution < -0.4 is 10.1 Å². The topological polar surface area (TPSA) is 71.7 Å². The number of furan rings is 1. The quantitative estimate of drug-likeness (QED) is 0.829. The summed E-state index contributed by atoms with van der Waals surface area (Å²) in [6, 6.07) is 5.56. The maximum Gasteiger partial charge on any atom is 0.225 e. The number of methoxy groups -OCH3 is 1. The molecule has 22 heavy (non-hydrogen) atoms. The van der Waals surface area contributed by atoms with Crippen molar-refractivity contribution in [3.8, 4) is 5.75 Å². The Morgan fingerprint density at radius 3 is 3.05 bits per heavy atom. The lowest BCUT2D eigenvalue weighted by atomic mass is 10.1. The fraction of sp³-hybridized carbons (Fsp3) is 0.353. The Kier molecular flexibility index (Phi) is 4.15. The second kappa shape index (κ2) is 6.23. The van der Waals surface area contributed by atoms with E-state index in [-0.39, 0.29) is 30.9 Å². The summed E-state index contributed by atoms with van der Waals surface area (Å²) in [5, 5.41) is 13.0. The van der Waals surface area contributed by atoms with Gasteiger partial charge in [-0.05, 0) is 18.6 Å². The second-order valence-electron chi connectivity index (χ2n) is 5.54. The van der Waals surface area contributed by atoms with Gasteiger partial charge in [0.1, 0.15) is 11.3 Å². The number of amides is 1. The van der Waals surface area contributed by atoms with Crippen molar-refractivity contribution in [1.29, 1.82) is 0 Å². The minimum atomic E-state index is -0.0493. The fourth-order valence-electron chi connectivity index (χ4n) is 2.78. The van der Waals surface area contributed by atoms with E-state index in [4.69, 9.17) is 14.3 Å². The summed E-state index contributed by atoms with van der Waals surface area (Å²) in [6.45, 7) is 0.122. The Bertz CT molecular complexity index is 704. The second-order valence-corrected chi connectivity index (χ2v) is 5.54. The van der Waals surface area contributed by atoms with Crippen LogP contribution in [0.4, 0.5) is 0 Å². The first-order chi connectivity index (χ1) is 10.7. The Balaban J connectivity index is 1.66. The van der Waals surface area contributed by atoms with Gasteiger partial charge in [-0.15, -0.1) is 0 Å². The normalized spacial score (nSPS) is 20.5. The van der Waals surface area contributed by atoms with Crippen molar-refractivity contribution in [1.82, 2.24) is 5.32 Å². The zero-order valence-electron chi connectivity index (χ0n) is 12.4. The highest BCUT2D eigenvalue weighted by Gasteiger charge is 2.20. The number of benzene rings is 1. The van der Waals surface area contributed by atoms with Crippen LogP contribution in [0.2, 0.25) is 0 Å². The molecule has 1 amide bonds. The summed E-state index contributed by atoms with van der Waals surface area (Å²) in [5.74, 6) is 0.822. The van der Waals surface area contributed by atoms with Crippen LogP contribution in [0.15, 0.2) is 41.0 Å². The largest absolute Gasteiger partial charge is 0.497 e. The van der Waals surface area contributed by atoms with Crippen molar-refractivity contribution in [2.45, 2.75) is 18.9 Å². The SMILES string of the molecule is COc1ccc2c(CC(=O)N[C@@H]3C=C[C@H](CO)C3)coc2c1. The van der Waals surface area contributed by atoms with Crippen LogP contribution in [0, 0.1) is 5.92 Å². The molecule has 0 fully saturated rings. The number of aliphatic hydroxyl groups is 1. The lowest BCUT2D eigenvalue weighted by Crippen LogP contribution is -2.33. The molecule has 0 spiro atoms. The molecule has 3 rings (SSSR count). The molecule has 116 valence electrons. The minimum Gasteiger partial charge on any atom is -0.497 e. The predicted octanol–water partition coefficient (Wildman–Crippen LogP) is 2.04. The van der Waals surface area contributed by atoms with Gasteiger partial charge in [0.25, 0.3) is 0 Å². The van der Waals surface area contributed by atoms with Gasteiger partial charge < -0.3 is 19.6 Å².